The summed E-state index contributed by atoms with van der Waals surface area (Å²) < 4.78 is 0. The van der Waals surface area contributed by atoms with Crippen LogP contribution in [-0.4, -0.2) is 17.3 Å². The molecule has 0 saturated carbocycles. The zero-order valence-electron chi connectivity index (χ0n) is 11.9. The highest BCUT2D eigenvalue weighted by Gasteiger charge is 2.20. The molecule has 0 fully saturated rings. The number of hydrogen-bond donors (Lipinski definition) is 1. The molecule has 0 radical (unpaired) electrons. The predicted octanol–water partition coefficient (Wildman–Crippen LogP) is 4.20. The predicted molar refractivity (Wildman–Crippen MR) is 91.2 cm³/mol. The molecule has 2 aromatic rings. The molecule has 0 amide bonds. The van der Waals surface area contributed by atoms with Crippen LogP contribution in [0, 0.1) is 6.92 Å². The summed E-state index contributed by atoms with van der Waals surface area (Å²) in [6.45, 7) is 5.26. The van der Waals surface area contributed by atoms with Gasteiger partial charge in [-0.25, -0.2) is 4.98 Å². The molecular formula is C15H20N2S3. The van der Waals surface area contributed by atoms with E-state index in [0.717, 1.165) is 18.7 Å². The van der Waals surface area contributed by atoms with Crippen LogP contribution in [0.25, 0.3) is 0 Å². The van der Waals surface area contributed by atoms with Crippen molar-refractivity contribution in [2.24, 2.45) is 0 Å². The number of aryl methyl sites for hydroxylation is 2. The summed E-state index contributed by atoms with van der Waals surface area (Å²) in [6, 6.07) is 2.85. The molecule has 20 heavy (non-hydrogen) atoms. The monoisotopic (exact) mass is 324 g/mol. The summed E-state index contributed by atoms with van der Waals surface area (Å²) in [5.41, 5.74) is 2.71. The first-order valence-corrected chi connectivity index (χ1v) is 9.95. The minimum Gasteiger partial charge on any atom is -0.309 e. The van der Waals surface area contributed by atoms with Gasteiger partial charge in [0.25, 0.3) is 0 Å². The van der Waals surface area contributed by atoms with Gasteiger partial charge in [0.2, 0.25) is 0 Å². The Labute approximate surface area is 133 Å². The third-order valence-corrected chi connectivity index (χ3v) is 6.83. The molecule has 0 saturated heterocycles. The van der Waals surface area contributed by atoms with Crippen molar-refractivity contribution in [3.63, 3.8) is 0 Å². The molecule has 1 aliphatic heterocycles. The van der Waals surface area contributed by atoms with Crippen molar-refractivity contribution in [2.45, 2.75) is 38.5 Å². The normalized spacial score (nSPS) is 16.1. The van der Waals surface area contributed by atoms with Gasteiger partial charge in [-0.05, 0) is 37.3 Å². The Morgan fingerprint density at radius 1 is 1.45 bits per heavy atom. The van der Waals surface area contributed by atoms with Crippen LogP contribution in [0.3, 0.4) is 0 Å². The largest absolute Gasteiger partial charge is 0.309 e. The van der Waals surface area contributed by atoms with Gasteiger partial charge in [0.1, 0.15) is 0 Å². The number of likely N-dealkylation sites (N-methyl/N-ethyl adjacent to an activating group) is 1. The van der Waals surface area contributed by atoms with Crippen LogP contribution in [0.5, 0.6) is 0 Å². The molecule has 108 valence electrons. The van der Waals surface area contributed by atoms with E-state index >= 15 is 0 Å². The van der Waals surface area contributed by atoms with E-state index in [1.165, 1.54) is 27.8 Å². The number of nitrogens with zero attached hydrogens (tertiary/aromatic N) is 1. The molecule has 0 aliphatic carbocycles. The van der Waals surface area contributed by atoms with Gasteiger partial charge >= 0.3 is 0 Å². The summed E-state index contributed by atoms with van der Waals surface area (Å²) in [5, 5.41) is 7.03. The second kappa shape index (κ2) is 6.60. The topological polar surface area (TPSA) is 24.9 Å². The first kappa shape index (κ1) is 14.6. The van der Waals surface area contributed by atoms with Crippen molar-refractivity contribution < 1.29 is 0 Å². The average molecular weight is 325 g/mol. The fraction of sp³-hybridized carbons (Fsp3) is 0.533. The molecule has 1 atom stereocenters. The molecule has 1 aliphatic rings. The second-order valence-corrected chi connectivity index (χ2v) is 8.31. The van der Waals surface area contributed by atoms with Crippen molar-refractivity contribution in [3.8, 4) is 0 Å². The summed E-state index contributed by atoms with van der Waals surface area (Å²) in [6.07, 6.45) is 2.26. The van der Waals surface area contributed by atoms with E-state index in [4.69, 9.17) is 0 Å². The third kappa shape index (κ3) is 3.27. The number of thiazole rings is 1. The van der Waals surface area contributed by atoms with Gasteiger partial charge in [0, 0.05) is 39.0 Å². The Kier molecular flexibility index (Phi) is 4.81. The lowest BCUT2D eigenvalue weighted by atomic mass is 10.1. The lowest BCUT2D eigenvalue weighted by molar-refractivity contribution is 0.556. The Morgan fingerprint density at radius 3 is 3.05 bits per heavy atom. The maximum atomic E-state index is 4.62. The summed E-state index contributed by atoms with van der Waals surface area (Å²) in [5.74, 6) is 2.48. The van der Waals surface area contributed by atoms with E-state index in [1.54, 1.807) is 21.8 Å². The maximum Gasteiger partial charge on any atom is 0.0947 e. The summed E-state index contributed by atoms with van der Waals surface area (Å²) >= 11 is 5.85. The molecule has 2 nitrogen and oxygen atoms in total. The zero-order valence-corrected chi connectivity index (χ0v) is 14.4. The summed E-state index contributed by atoms with van der Waals surface area (Å²) in [7, 11) is 0. The molecular weight excluding hydrogens is 304 g/mol. The van der Waals surface area contributed by atoms with Crippen LogP contribution in [0.15, 0.2) is 11.4 Å². The number of fused-ring (bicyclic) bond motifs is 1. The van der Waals surface area contributed by atoms with Crippen molar-refractivity contribution in [1.29, 1.82) is 0 Å². The smallest absolute Gasteiger partial charge is 0.0947 e. The highest BCUT2D eigenvalue weighted by Crippen LogP contribution is 2.35. The molecule has 1 N–H and O–H groups in total. The lowest BCUT2D eigenvalue weighted by Crippen LogP contribution is -2.22. The van der Waals surface area contributed by atoms with Gasteiger partial charge in [-0.2, -0.15) is 11.8 Å². The molecule has 3 rings (SSSR count). The first-order valence-electron chi connectivity index (χ1n) is 7.10. The van der Waals surface area contributed by atoms with E-state index in [0.29, 0.717) is 6.04 Å². The third-order valence-electron chi connectivity index (χ3n) is 3.49. The van der Waals surface area contributed by atoms with Gasteiger partial charge in [-0.3, -0.25) is 0 Å². The van der Waals surface area contributed by atoms with Gasteiger partial charge in [0.15, 0.2) is 0 Å². The minimum absolute atomic E-state index is 0.422. The Balaban J connectivity index is 1.80. The zero-order chi connectivity index (χ0) is 13.9. The van der Waals surface area contributed by atoms with Crippen molar-refractivity contribution >= 4 is 34.4 Å². The van der Waals surface area contributed by atoms with E-state index in [-0.39, 0.29) is 0 Å². The molecule has 0 spiro atoms. The van der Waals surface area contributed by atoms with Crippen LogP contribution >= 0.6 is 34.4 Å². The maximum absolute atomic E-state index is 4.62. The second-order valence-electron chi connectivity index (χ2n) is 5.10. The Hall–Kier alpha value is -0.360. The van der Waals surface area contributed by atoms with E-state index in [9.17, 15) is 0 Å². The van der Waals surface area contributed by atoms with Gasteiger partial charge in [-0.15, -0.1) is 22.7 Å². The molecule has 5 heteroatoms. The molecule has 0 aromatic carbocycles. The molecule has 1 unspecified atom stereocenters. The Morgan fingerprint density at radius 2 is 2.35 bits per heavy atom. The van der Waals surface area contributed by atoms with Gasteiger partial charge in [0.05, 0.1) is 5.01 Å². The molecule has 3 heterocycles. The minimum atomic E-state index is 0.422. The standard InChI is InChI=1S/C15H20N2S3/c1-3-16-12(7-15-17-10(2)8-19-15)14-6-11-9-18-5-4-13(11)20-14/h6,8,12,16H,3-5,7,9H2,1-2H3. The van der Waals surface area contributed by atoms with Crippen LogP contribution in [0.1, 0.15) is 39.0 Å². The molecule has 2 aromatic heterocycles. The number of rotatable bonds is 5. The molecule has 0 bridgehead atoms. The highest BCUT2D eigenvalue weighted by molar-refractivity contribution is 7.98. The van der Waals surface area contributed by atoms with E-state index in [2.05, 4.69) is 47.4 Å². The summed E-state index contributed by atoms with van der Waals surface area (Å²) in [4.78, 5) is 7.72. The lowest BCUT2D eigenvalue weighted by Gasteiger charge is -2.14. The number of nitrogens with one attached hydrogen (secondary N) is 1. The number of thiophene rings is 1. The quantitative estimate of drug-likeness (QED) is 0.892. The fourth-order valence-electron chi connectivity index (χ4n) is 2.53. The van der Waals surface area contributed by atoms with Crippen molar-refractivity contribution in [2.75, 3.05) is 12.3 Å². The number of thioether (sulfide) groups is 1. The van der Waals surface area contributed by atoms with Crippen LogP contribution < -0.4 is 5.32 Å². The van der Waals surface area contributed by atoms with E-state index < -0.39 is 0 Å². The van der Waals surface area contributed by atoms with Crippen molar-refractivity contribution in [3.05, 3.63) is 37.5 Å². The number of aromatic nitrogens is 1. The van der Waals surface area contributed by atoms with E-state index in [1.807, 2.05) is 11.3 Å². The Bertz CT molecular complexity index is 550. The highest BCUT2D eigenvalue weighted by atomic mass is 32.2. The SMILES string of the molecule is CCNC(Cc1nc(C)cs1)c1cc2c(s1)CCSC2. The van der Waals surface area contributed by atoms with Gasteiger partial charge in [-0.1, -0.05) is 6.92 Å². The van der Waals surface area contributed by atoms with Crippen molar-refractivity contribution in [1.82, 2.24) is 10.3 Å². The van der Waals surface area contributed by atoms with Crippen LogP contribution in [0.2, 0.25) is 0 Å². The van der Waals surface area contributed by atoms with Gasteiger partial charge < -0.3 is 5.32 Å². The fourth-order valence-corrected chi connectivity index (χ4v) is 5.80. The van der Waals surface area contributed by atoms with Crippen LogP contribution in [-0.2, 0) is 18.6 Å². The van der Waals surface area contributed by atoms with Crippen LogP contribution in [0.4, 0.5) is 0 Å². The number of hydrogen-bond acceptors (Lipinski definition) is 5. The first-order chi connectivity index (χ1) is 9.76. The average Bonchev–Trinajstić information content (AvgIpc) is 3.04.